The van der Waals surface area contributed by atoms with Crippen LogP contribution >= 0.6 is 0 Å². The molecule has 37 heavy (non-hydrogen) atoms. The van der Waals surface area contributed by atoms with E-state index in [-0.39, 0.29) is 41.6 Å². The zero-order valence-corrected chi connectivity index (χ0v) is 20.3. The normalized spacial score (nSPS) is 11.7. The number of carbonyl (C=O) groups is 1. The summed E-state index contributed by atoms with van der Waals surface area (Å²) in [5.41, 5.74) is 1.05. The molecule has 4 rings (SSSR count). The maximum Gasteiger partial charge on any atom is 0.265 e. The molecule has 0 spiro atoms. The number of phenolic OH excluding ortho intramolecular Hbond substituents is 2. The van der Waals surface area contributed by atoms with E-state index in [0.29, 0.717) is 23.5 Å². The number of pyridine rings is 1. The first-order valence-electron chi connectivity index (χ1n) is 11.5. The number of carbonyl (C=O) groups excluding carboxylic acids is 1. The van der Waals surface area contributed by atoms with Crippen molar-refractivity contribution >= 4 is 11.6 Å². The van der Waals surface area contributed by atoms with E-state index in [1.54, 1.807) is 48.7 Å². The summed E-state index contributed by atoms with van der Waals surface area (Å²) in [6.45, 7) is 0.253. The van der Waals surface area contributed by atoms with Crippen LogP contribution in [0.25, 0.3) is 5.65 Å². The summed E-state index contributed by atoms with van der Waals surface area (Å²) < 4.78 is 12.0. The molecule has 10 heteroatoms. The summed E-state index contributed by atoms with van der Waals surface area (Å²) in [5, 5.41) is 32.7. The van der Waals surface area contributed by atoms with Crippen molar-refractivity contribution in [2.75, 3.05) is 20.8 Å². The Hall–Kier alpha value is -4.73. The second-order valence-electron chi connectivity index (χ2n) is 8.38. The molecular weight excluding hydrogens is 478 g/mol. The molecule has 0 saturated heterocycles. The average Bonchev–Trinajstić information content (AvgIpc) is 2.89. The Bertz CT molecular complexity index is 1500. The van der Waals surface area contributed by atoms with Crippen LogP contribution in [0.1, 0.15) is 29.0 Å². The summed E-state index contributed by atoms with van der Waals surface area (Å²) in [4.78, 5) is 30.6. The Morgan fingerprint density at radius 1 is 1.00 bits per heavy atom. The second-order valence-corrected chi connectivity index (χ2v) is 8.38. The molecule has 4 N–H and O–H groups in total. The number of hydrogen-bond acceptors (Lipinski definition) is 8. The van der Waals surface area contributed by atoms with Gasteiger partial charge in [-0.2, -0.15) is 4.98 Å². The molecule has 192 valence electrons. The second kappa shape index (κ2) is 10.9. The summed E-state index contributed by atoms with van der Waals surface area (Å²) in [5.74, 6) is -1.23. The van der Waals surface area contributed by atoms with Crippen molar-refractivity contribution in [2.24, 2.45) is 0 Å². The highest BCUT2D eigenvalue weighted by molar-refractivity contribution is 5.78. The Labute approximate surface area is 212 Å². The number of ether oxygens (including phenoxy) is 2. The first-order valence-corrected chi connectivity index (χ1v) is 11.5. The van der Waals surface area contributed by atoms with Crippen molar-refractivity contribution < 1.29 is 29.6 Å². The summed E-state index contributed by atoms with van der Waals surface area (Å²) in [6, 6.07) is 14.5. The fourth-order valence-corrected chi connectivity index (χ4v) is 4.18. The summed E-state index contributed by atoms with van der Waals surface area (Å²) in [6.07, 6.45) is 1.80. The lowest BCUT2D eigenvalue weighted by Crippen LogP contribution is -2.30. The molecule has 0 radical (unpaired) electrons. The van der Waals surface area contributed by atoms with E-state index in [1.807, 2.05) is 0 Å². The van der Waals surface area contributed by atoms with Gasteiger partial charge in [0.05, 0.1) is 19.8 Å². The van der Waals surface area contributed by atoms with Gasteiger partial charge >= 0.3 is 0 Å². The smallest absolute Gasteiger partial charge is 0.265 e. The van der Waals surface area contributed by atoms with Crippen LogP contribution in [0.4, 0.5) is 0 Å². The van der Waals surface area contributed by atoms with Crippen LogP contribution in [-0.4, -0.2) is 51.4 Å². The zero-order chi connectivity index (χ0) is 26.5. The van der Waals surface area contributed by atoms with Gasteiger partial charge in [-0.3, -0.25) is 14.0 Å². The van der Waals surface area contributed by atoms with Gasteiger partial charge in [-0.15, -0.1) is 0 Å². The highest BCUT2D eigenvalue weighted by Gasteiger charge is 2.27. The standard InChI is InChI=1S/C27H27N3O7/c1-36-21-9-7-17(14-22(21)37-2)18(25-26(34)29-23-5-3-4-12-30(23)27(25)35)15-24(33)28-11-10-16-6-8-19(31)20(32)13-16/h3-9,12-14,18,31-32,34H,10-11,15H2,1-2H3,(H,28,33). The maximum atomic E-state index is 13.4. The highest BCUT2D eigenvalue weighted by atomic mass is 16.5. The number of phenols is 2. The minimum atomic E-state index is -0.838. The van der Waals surface area contributed by atoms with Crippen LogP contribution in [-0.2, 0) is 11.2 Å². The molecule has 1 amide bonds. The van der Waals surface area contributed by atoms with Gasteiger partial charge in [-0.05, 0) is 53.9 Å². The van der Waals surface area contributed by atoms with Crippen molar-refractivity contribution in [1.82, 2.24) is 14.7 Å². The number of nitrogens with zero attached hydrogens (tertiary/aromatic N) is 2. The predicted octanol–water partition coefficient (Wildman–Crippen LogP) is 2.71. The van der Waals surface area contributed by atoms with Crippen LogP contribution in [0.3, 0.4) is 0 Å². The highest BCUT2D eigenvalue weighted by Crippen LogP contribution is 2.36. The Morgan fingerprint density at radius 2 is 1.78 bits per heavy atom. The van der Waals surface area contributed by atoms with Crippen LogP contribution in [0, 0.1) is 0 Å². The number of benzene rings is 2. The van der Waals surface area contributed by atoms with E-state index < -0.39 is 17.4 Å². The third-order valence-electron chi connectivity index (χ3n) is 6.07. The number of amides is 1. The Morgan fingerprint density at radius 3 is 2.51 bits per heavy atom. The van der Waals surface area contributed by atoms with Gasteiger partial charge < -0.3 is 30.1 Å². The largest absolute Gasteiger partial charge is 0.504 e. The molecule has 0 aliphatic carbocycles. The van der Waals surface area contributed by atoms with Gasteiger partial charge in [-0.25, -0.2) is 0 Å². The van der Waals surface area contributed by atoms with Gasteiger partial charge in [0.15, 0.2) is 23.0 Å². The van der Waals surface area contributed by atoms with E-state index >= 15 is 0 Å². The SMILES string of the molecule is COc1ccc(C(CC(=O)NCCc2ccc(O)c(O)c2)c2c(O)nc3ccccn3c2=O)cc1OC. The molecule has 4 aromatic rings. The number of fused-ring (bicyclic) bond motifs is 1. The molecule has 0 aliphatic heterocycles. The first-order chi connectivity index (χ1) is 17.8. The van der Waals surface area contributed by atoms with Gasteiger partial charge in [0.2, 0.25) is 11.8 Å². The number of aromatic nitrogens is 2. The molecule has 2 aromatic heterocycles. The molecular formula is C27H27N3O7. The number of nitrogens with one attached hydrogen (secondary N) is 1. The Balaban J connectivity index is 1.65. The molecule has 0 bridgehead atoms. The van der Waals surface area contributed by atoms with Gasteiger partial charge in [0.25, 0.3) is 5.56 Å². The van der Waals surface area contributed by atoms with E-state index in [9.17, 15) is 24.9 Å². The van der Waals surface area contributed by atoms with E-state index in [1.165, 1.54) is 30.8 Å². The molecule has 0 saturated carbocycles. The maximum absolute atomic E-state index is 13.4. The predicted molar refractivity (Wildman–Crippen MR) is 136 cm³/mol. The number of aromatic hydroxyl groups is 3. The van der Waals surface area contributed by atoms with Crippen molar-refractivity contribution in [3.63, 3.8) is 0 Å². The molecule has 1 atom stereocenters. The number of hydrogen-bond donors (Lipinski definition) is 4. The summed E-state index contributed by atoms with van der Waals surface area (Å²) >= 11 is 0. The topological polar surface area (TPSA) is 143 Å². The molecule has 1 unspecified atom stereocenters. The van der Waals surface area contributed by atoms with Crippen molar-refractivity contribution in [3.8, 4) is 28.9 Å². The zero-order valence-electron chi connectivity index (χ0n) is 20.3. The molecule has 0 fully saturated rings. The van der Waals surface area contributed by atoms with Crippen molar-refractivity contribution in [3.05, 3.63) is 87.8 Å². The lowest BCUT2D eigenvalue weighted by molar-refractivity contribution is -0.121. The van der Waals surface area contributed by atoms with Gasteiger partial charge in [0.1, 0.15) is 5.65 Å². The minimum absolute atomic E-state index is 0.0190. The van der Waals surface area contributed by atoms with Crippen molar-refractivity contribution in [1.29, 1.82) is 0 Å². The quantitative estimate of drug-likeness (QED) is 0.254. The molecule has 2 heterocycles. The van der Waals surface area contributed by atoms with Crippen LogP contribution in [0.2, 0.25) is 0 Å². The minimum Gasteiger partial charge on any atom is -0.504 e. The molecule has 2 aromatic carbocycles. The third-order valence-corrected chi connectivity index (χ3v) is 6.07. The van der Waals surface area contributed by atoms with Gasteiger partial charge in [-0.1, -0.05) is 18.2 Å². The van der Waals surface area contributed by atoms with Crippen LogP contribution in [0.5, 0.6) is 28.9 Å². The average molecular weight is 506 g/mol. The monoisotopic (exact) mass is 505 g/mol. The first kappa shape index (κ1) is 25.4. The fraction of sp³-hybridized carbons (Fsp3) is 0.222. The van der Waals surface area contributed by atoms with Crippen molar-refractivity contribution in [2.45, 2.75) is 18.8 Å². The van der Waals surface area contributed by atoms with Crippen LogP contribution < -0.4 is 20.3 Å². The lowest BCUT2D eigenvalue weighted by Gasteiger charge is -2.20. The van der Waals surface area contributed by atoms with E-state index in [0.717, 1.165) is 5.56 Å². The number of methoxy groups -OCH3 is 2. The van der Waals surface area contributed by atoms with E-state index in [2.05, 4.69) is 10.3 Å². The van der Waals surface area contributed by atoms with E-state index in [4.69, 9.17) is 9.47 Å². The summed E-state index contributed by atoms with van der Waals surface area (Å²) in [7, 11) is 2.98. The number of rotatable bonds is 9. The molecule has 10 nitrogen and oxygen atoms in total. The Kier molecular flexibility index (Phi) is 7.47. The lowest BCUT2D eigenvalue weighted by atomic mass is 9.88. The van der Waals surface area contributed by atoms with Gasteiger partial charge in [0, 0.05) is 25.1 Å². The van der Waals surface area contributed by atoms with Crippen LogP contribution in [0.15, 0.2) is 65.6 Å². The molecule has 0 aliphatic rings. The third kappa shape index (κ3) is 5.43. The fourth-order valence-electron chi connectivity index (χ4n) is 4.18.